The first-order chi connectivity index (χ1) is 10.1. The highest BCUT2D eigenvalue weighted by atomic mass is 16.2. The zero-order chi connectivity index (χ0) is 15.2. The second-order valence-electron chi connectivity index (χ2n) is 5.31. The highest BCUT2D eigenvalue weighted by Crippen LogP contribution is 2.14. The number of carbonyl (C=O) groups excluding carboxylic acids is 1. The van der Waals surface area contributed by atoms with Gasteiger partial charge in [0, 0.05) is 12.5 Å². The molecule has 0 N–H and O–H groups in total. The van der Waals surface area contributed by atoms with Gasteiger partial charge in [0.25, 0.3) is 5.91 Å². The molecule has 1 aromatic carbocycles. The average Bonchev–Trinajstić information content (AvgIpc) is 2.98. The molecular weight excluding hydrogens is 264 g/mol. The molecule has 1 aliphatic rings. The first kappa shape index (κ1) is 15.2. The van der Waals surface area contributed by atoms with Crippen LogP contribution in [0.25, 0.3) is 0 Å². The van der Waals surface area contributed by atoms with Crippen LogP contribution in [0.5, 0.6) is 0 Å². The first-order valence-corrected chi connectivity index (χ1v) is 7.12. The summed E-state index contributed by atoms with van der Waals surface area (Å²) in [5, 5.41) is 14.7. The molecule has 1 amide bonds. The molecule has 2 rings (SSSR count). The third kappa shape index (κ3) is 3.89. The molecule has 0 saturated heterocycles. The Bertz CT molecular complexity index is 561. The fourth-order valence-electron chi connectivity index (χ4n) is 2.21. The lowest BCUT2D eigenvalue weighted by molar-refractivity contribution is -0.132. The molecule has 0 saturated carbocycles. The molecule has 0 aromatic heterocycles. The Balaban J connectivity index is 1.96. The van der Waals surface area contributed by atoms with Crippen LogP contribution in [0.15, 0.2) is 35.4 Å². The van der Waals surface area contributed by atoms with Gasteiger partial charge < -0.3 is 0 Å². The molecule has 0 radical (unpaired) electrons. The average molecular weight is 284 g/mol. The predicted molar refractivity (Wildman–Crippen MR) is 81.6 cm³/mol. The molecule has 1 aromatic rings. The minimum atomic E-state index is -0.0202. The SMILES string of the molecule is C[C@@H](CC#N)N(C)CC(=O)N1CCC(c2ccccc2)=N1. The molecule has 0 fully saturated rings. The fraction of sp³-hybridized carbons (Fsp3) is 0.438. The Morgan fingerprint density at radius 2 is 2.19 bits per heavy atom. The maximum absolute atomic E-state index is 12.2. The number of hydrogen-bond donors (Lipinski definition) is 0. The van der Waals surface area contributed by atoms with E-state index in [9.17, 15) is 4.79 Å². The van der Waals surface area contributed by atoms with Gasteiger partial charge in [-0.25, -0.2) is 5.01 Å². The number of amides is 1. The molecule has 0 unspecified atom stereocenters. The molecule has 5 nitrogen and oxygen atoms in total. The van der Waals surface area contributed by atoms with E-state index in [-0.39, 0.29) is 18.5 Å². The summed E-state index contributed by atoms with van der Waals surface area (Å²) in [6.45, 7) is 2.86. The van der Waals surface area contributed by atoms with Crippen molar-refractivity contribution in [2.45, 2.75) is 25.8 Å². The van der Waals surface area contributed by atoms with E-state index in [1.807, 2.05) is 49.2 Å². The van der Waals surface area contributed by atoms with Gasteiger partial charge in [0.15, 0.2) is 0 Å². The topological polar surface area (TPSA) is 59.7 Å². The molecule has 1 aliphatic heterocycles. The van der Waals surface area contributed by atoms with E-state index in [1.165, 1.54) is 5.01 Å². The van der Waals surface area contributed by atoms with Crippen LogP contribution in [-0.2, 0) is 4.79 Å². The van der Waals surface area contributed by atoms with Crippen molar-refractivity contribution in [2.75, 3.05) is 20.1 Å². The second kappa shape index (κ2) is 7.00. The Morgan fingerprint density at radius 1 is 1.48 bits per heavy atom. The maximum atomic E-state index is 12.2. The quantitative estimate of drug-likeness (QED) is 0.829. The molecule has 21 heavy (non-hydrogen) atoms. The summed E-state index contributed by atoms with van der Waals surface area (Å²) in [5.41, 5.74) is 2.02. The normalized spacial score (nSPS) is 15.7. The van der Waals surface area contributed by atoms with Gasteiger partial charge in [-0.3, -0.25) is 9.69 Å². The van der Waals surface area contributed by atoms with Crippen molar-refractivity contribution in [3.8, 4) is 6.07 Å². The van der Waals surface area contributed by atoms with E-state index in [1.54, 1.807) is 0 Å². The number of nitriles is 1. The van der Waals surface area contributed by atoms with Gasteiger partial charge >= 0.3 is 0 Å². The fourth-order valence-corrected chi connectivity index (χ4v) is 2.21. The summed E-state index contributed by atoms with van der Waals surface area (Å²) in [7, 11) is 1.86. The second-order valence-corrected chi connectivity index (χ2v) is 5.31. The first-order valence-electron chi connectivity index (χ1n) is 7.12. The molecule has 0 aliphatic carbocycles. The third-order valence-electron chi connectivity index (χ3n) is 3.72. The van der Waals surface area contributed by atoms with Crippen LogP contribution in [-0.4, -0.2) is 47.7 Å². The van der Waals surface area contributed by atoms with Crippen molar-refractivity contribution in [1.82, 2.24) is 9.91 Å². The van der Waals surface area contributed by atoms with Crippen LogP contribution in [0.2, 0.25) is 0 Å². The van der Waals surface area contributed by atoms with Gasteiger partial charge in [0.1, 0.15) is 0 Å². The number of carbonyl (C=O) groups is 1. The maximum Gasteiger partial charge on any atom is 0.256 e. The zero-order valence-electron chi connectivity index (χ0n) is 12.5. The largest absolute Gasteiger partial charge is 0.294 e. The number of rotatable bonds is 5. The summed E-state index contributed by atoms with van der Waals surface area (Å²) < 4.78 is 0. The standard InChI is InChI=1S/C16H20N4O/c1-13(8-10-17)19(2)12-16(21)20-11-9-15(18-20)14-6-4-3-5-7-14/h3-7,13H,8-9,11-12H2,1-2H3/t13-/m0/s1. The number of benzene rings is 1. The minimum absolute atomic E-state index is 0.0202. The summed E-state index contributed by atoms with van der Waals surface area (Å²) in [5.74, 6) is -0.0202. The van der Waals surface area contributed by atoms with Crippen molar-refractivity contribution in [3.05, 3.63) is 35.9 Å². The summed E-state index contributed by atoms with van der Waals surface area (Å²) in [6, 6.07) is 12.1. The predicted octanol–water partition coefficient (Wildman–Crippen LogP) is 1.86. The molecular formula is C16H20N4O. The van der Waals surface area contributed by atoms with E-state index < -0.39 is 0 Å². The highest BCUT2D eigenvalue weighted by Gasteiger charge is 2.23. The number of hydrazone groups is 1. The van der Waals surface area contributed by atoms with E-state index in [2.05, 4.69) is 11.2 Å². The Labute approximate surface area is 125 Å². The summed E-state index contributed by atoms with van der Waals surface area (Å²) in [4.78, 5) is 14.1. The van der Waals surface area contributed by atoms with E-state index in [4.69, 9.17) is 5.26 Å². The lowest BCUT2D eigenvalue weighted by Crippen LogP contribution is -2.39. The zero-order valence-corrected chi connectivity index (χ0v) is 12.5. The molecule has 1 heterocycles. The van der Waals surface area contributed by atoms with Gasteiger partial charge in [-0.15, -0.1) is 0 Å². The number of hydrogen-bond acceptors (Lipinski definition) is 4. The highest BCUT2D eigenvalue weighted by molar-refractivity contribution is 6.02. The smallest absolute Gasteiger partial charge is 0.256 e. The van der Waals surface area contributed by atoms with Crippen LogP contribution < -0.4 is 0 Å². The molecule has 0 spiro atoms. The van der Waals surface area contributed by atoms with Gasteiger partial charge in [-0.2, -0.15) is 10.4 Å². The van der Waals surface area contributed by atoms with Crippen LogP contribution in [0.4, 0.5) is 0 Å². The van der Waals surface area contributed by atoms with Gasteiger partial charge in [0.05, 0.1) is 31.3 Å². The number of nitrogens with zero attached hydrogens (tertiary/aromatic N) is 4. The van der Waals surface area contributed by atoms with E-state index in [0.29, 0.717) is 13.0 Å². The van der Waals surface area contributed by atoms with Crippen LogP contribution in [0.3, 0.4) is 0 Å². The molecule has 1 atom stereocenters. The lowest BCUT2D eigenvalue weighted by Gasteiger charge is -2.23. The van der Waals surface area contributed by atoms with E-state index in [0.717, 1.165) is 17.7 Å². The van der Waals surface area contributed by atoms with Gasteiger partial charge in [-0.05, 0) is 19.5 Å². The Hall–Kier alpha value is -2.19. The lowest BCUT2D eigenvalue weighted by atomic mass is 10.1. The van der Waals surface area contributed by atoms with E-state index >= 15 is 0 Å². The van der Waals surface area contributed by atoms with Crippen molar-refractivity contribution >= 4 is 11.6 Å². The van der Waals surface area contributed by atoms with Crippen LogP contribution in [0.1, 0.15) is 25.3 Å². The third-order valence-corrected chi connectivity index (χ3v) is 3.72. The number of likely N-dealkylation sites (N-methyl/N-ethyl adjacent to an activating group) is 1. The summed E-state index contributed by atoms with van der Waals surface area (Å²) in [6.07, 6.45) is 1.20. The van der Waals surface area contributed by atoms with Crippen molar-refractivity contribution in [1.29, 1.82) is 5.26 Å². The monoisotopic (exact) mass is 284 g/mol. The molecule has 5 heteroatoms. The molecule has 0 bridgehead atoms. The summed E-state index contributed by atoms with van der Waals surface area (Å²) >= 11 is 0. The van der Waals surface area contributed by atoms with Gasteiger partial charge in [0.2, 0.25) is 0 Å². The Morgan fingerprint density at radius 3 is 2.86 bits per heavy atom. The van der Waals surface area contributed by atoms with Crippen LogP contribution in [0, 0.1) is 11.3 Å². The van der Waals surface area contributed by atoms with Gasteiger partial charge in [-0.1, -0.05) is 30.3 Å². The van der Waals surface area contributed by atoms with Crippen molar-refractivity contribution < 1.29 is 4.79 Å². The minimum Gasteiger partial charge on any atom is -0.294 e. The van der Waals surface area contributed by atoms with Crippen molar-refractivity contribution in [2.24, 2.45) is 5.10 Å². The van der Waals surface area contributed by atoms with Crippen LogP contribution >= 0.6 is 0 Å². The van der Waals surface area contributed by atoms with Crippen molar-refractivity contribution in [3.63, 3.8) is 0 Å². The molecule has 110 valence electrons. The Kier molecular flexibility index (Phi) is 5.07.